The number of hydrogen-bond donors (Lipinski definition) is 1. The number of likely N-dealkylation sites (tertiary alicyclic amines) is 1. The fourth-order valence-corrected chi connectivity index (χ4v) is 3.89. The first-order chi connectivity index (χ1) is 10.8. The van der Waals surface area contributed by atoms with Gasteiger partial charge in [-0.3, -0.25) is 4.90 Å². The van der Waals surface area contributed by atoms with Crippen LogP contribution in [0.15, 0.2) is 29.6 Å². The van der Waals surface area contributed by atoms with Crippen LogP contribution < -0.4 is 0 Å². The molecule has 2 heterocycles. The van der Waals surface area contributed by atoms with Gasteiger partial charge in [0.25, 0.3) is 0 Å². The minimum atomic E-state index is 0.308. The van der Waals surface area contributed by atoms with Gasteiger partial charge in [0.15, 0.2) is 0 Å². The van der Waals surface area contributed by atoms with Gasteiger partial charge in [-0.05, 0) is 37.3 Å². The van der Waals surface area contributed by atoms with Crippen LogP contribution in [0.25, 0.3) is 10.6 Å². The molecule has 1 unspecified atom stereocenters. The maximum absolute atomic E-state index is 9.33. The molecule has 1 atom stereocenters. The van der Waals surface area contributed by atoms with Crippen molar-refractivity contribution in [2.45, 2.75) is 32.7 Å². The summed E-state index contributed by atoms with van der Waals surface area (Å²) in [7, 11) is 0. The molecule has 0 saturated carbocycles. The van der Waals surface area contributed by atoms with E-state index in [9.17, 15) is 5.11 Å². The normalized spacial score (nSPS) is 19.5. The molecular weight excluding hydrogens is 292 g/mol. The largest absolute Gasteiger partial charge is 0.396 e. The van der Waals surface area contributed by atoms with Gasteiger partial charge in [-0.1, -0.05) is 31.2 Å². The number of thiazole rings is 1. The quantitative estimate of drug-likeness (QED) is 0.916. The molecule has 0 spiro atoms. The molecule has 3 rings (SSSR count). The third kappa shape index (κ3) is 3.75. The van der Waals surface area contributed by atoms with Gasteiger partial charge in [-0.15, -0.1) is 11.3 Å². The second-order valence-corrected chi connectivity index (χ2v) is 6.98. The second-order valence-electron chi connectivity index (χ2n) is 6.12. The van der Waals surface area contributed by atoms with E-state index in [4.69, 9.17) is 4.98 Å². The molecule has 1 aliphatic rings. The minimum Gasteiger partial charge on any atom is -0.396 e. The Hall–Kier alpha value is -1.23. The first kappa shape index (κ1) is 15.7. The maximum Gasteiger partial charge on any atom is 0.123 e. The Labute approximate surface area is 136 Å². The molecular formula is C18H24N2OS. The lowest BCUT2D eigenvalue weighted by Gasteiger charge is -2.31. The summed E-state index contributed by atoms with van der Waals surface area (Å²) in [4.78, 5) is 7.22. The maximum atomic E-state index is 9.33. The smallest absolute Gasteiger partial charge is 0.123 e. The highest BCUT2D eigenvalue weighted by atomic mass is 32.1. The fourth-order valence-electron chi connectivity index (χ4n) is 3.07. The van der Waals surface area contributed by atoms with Crippen LogP contribution in [0.5, 0.6) is 0 Å². The summed E-state index contributed by atoms with van der Waals surface area (Å²) in [5.74, 6) is 0.438. The van der Waals surface area contributed by atoms with Gasteiger partial charge in [0.05, 0.1) is 5.69 Å². The molecule has 0 aliphatic carbocycles. The van der Waals surface area contributed by atoms with Gasteiger partial charge in [-0.25, -0.2) is 4.98 Å². The summed E-state index contributed by atoms with van der Waals surface area (Å²) in [6.07, 6.45) is 3.41. The number of aryl methyl sites for hydroxylation is 1. The van der Waals surface area contributed by atoms with E-state index in [1.165, 1.54) is 17.5 Å². The third-order valence-corrected chi connectivity index (χ3v) is 5.35. The van der Waals surface area contributed by atoms with Gasteiger partial charge >= 0.3 is 0 Å². The monoisotopic (exact) mass is 316 g/mol. The van der Waals surface area contributed by atoms with Gasteiger partial charge in [-0.2, -0.15) is 0 Å². The van der Waals surface area contributed by atoms with Crippen molar-refractivity contribution in [2.24, 2.45) is 5.92 Å². The van der Waals surface area contributed by atoms with Crippen LogP contribution in [-0.4, -0.2) is 34.7 Å². The van der Waals surface area contributed by atoms with Crippen molar-refractivity contribution in [3.8, 4) is 10.6 Å². The molecule has 1 N–H and O–H groups in total. The number of aromatic nitrogens is 1. The number of nitrogens with zero attached hydrogens (tertiary/aromatic N) is 2. The summed E-state index contributed by atoms with van der Waals surface area (Å²) < 4.78 is 0. The number of rotatable bonds is 5. The molecule has 0 amide bonds. The number of hydrogen-bond acceptors (Lipinski definition) is 4. The fraction of sp³-hybridized carbons (Fsp3) is 0.500. The first-order valence-corrected chi connectivity index (χ1v) is 9.03. The van der Waals surface area contributed by atoms with Crippen LogP contribution in [0.2, 0.25) is 0 Å². The van der Waals surface area contributed by atoms with E-state index in [1.807, 2.05) is 0 Å². The molecule has 1 aliphatic heterocycles. The van der Waals surface area contributed by atoms with Crippen molar-refractivity contribution in [1.29, 1.82) is 0 Å². The molecule has 0 radical (unpaired) electrons. The Kier molecular flexibility index (Phi) is 5.24. The van der Waals surface area contributed by atoms with Crippen molar-refractivity contribution in [2.75, 3.05) is 19.7 Å². The summed E-state index contributed by atoms with van der Waals surface area (Å²) in [5, 5.41) is 12.6. The lowest BCUT2D eigenvalue weighted by molar-refractivity contribution is 0.115. The van der Waals surface area contributed by atoms with E-state index < -0.39 is 0 Å². The predicted molar refractivity (Wildman–Crippen MR) is 92.0 cm³/mol. The van der Waals surface area contributed by atoms with Gasteiger partial charge in [0.2, 0.25) is 0 Å². The van der Waals surface area contributed by atoms with Crippen molar-refractivity contribution >= 4 is 11.3 Å². The lowest BCUT2D eigenvalue weighted by atomic mass is 9.99. The van der Waals surface area contributed by atoms with Crippen molar-refractivity contribution in [1.82, 2.24) is 9.88 Å². The Bertz CT molecular complexity index is 593. The molecule has 1 aromatic carbocycles. The molecule has 1 aromatic heterocycles. The summed E-state index contributed by atoms with van der Waals surface area (Å²) in [6.45, 7) is 5.50. The Morgan fingerprint density at radius 3 is 2.86 bits per heavy atom. The zero-order valence-corrected chi connectivity index (χ0v) is 14.0. The SMILES string of the molecule is CCc1ccc(-c2nc(CN3CCCC(CO)C3)cs2)cc1. The average molecular weight is 316 g/mol. The molecule has 3 nitrogen and oxygen atoms in total. The zero-order valence-electron chi connectivity index (χ0n) is 13.2. The average Bonchev–Trinajstić information content (AvgIpc) is 3.03. The van der Waals surface area contributed by atoms with Crippen LogP contribution in [0.4, 0.5) is 0 Å². The molecule has 4 heteroatoms. The molecule has 1 saturated heterocycles. The predicted octanol–water partition coefficient (Wildman–Crippen LogP) is 3.58. The van der Waals surface area contributed by atoms with Crippen LogP contribution in [-0.2, 0) is 13.0 Å². The molecule has 0 bridgehead atoms. The topological polar surface area (TPSA) is 36.4 Å². The number of piperidine rings is 1. The van der Waals surface area contributed by atoms with Crippen LogP contribution in [0, 0.1) is 5.92 Å². The number of benzene rings is 1. The standard InChI is InChI=1S/C18H24N2OS/c1-2-14-5-7-16(8-6-14)18-19-17(13-22-18)11-20-9-3-4-15(10-20)12-21/h5-8,13,15,21H,2-4,9-12H2,1H3. The van der Waals surface area contributed by atoms with Gasteiger partial charge in [0.1, 0.15) is 5.01 Å². The second kappa shape index (κ2) is 7.36. The van der Waals surface area contributed by atoms with E-state index in [2.05, 4.69) is 41.5 Å². The Morgan fingerprint density at radius 1 is 1.32 bits per heavy atom. The Morgan fingerprint density at radius 2 is 2.14 bits per heavy atom. The number of aliphatic hydroxyl groups is 1. The van der Waals surface area contributed by atoms with E-state index >= 15 is 0 Å². The van der Waals surface area contributed by atoms with Crippen LogP contribution in [0.3, 0.4) is 0 Å². The molecule has 22 heavy (non-hydrogen) atoms. The lowest BCUT2D eigenvalue weighted by Crippen LogP contribution is -2.36. The van der Waals surface area contributed by atoms with E-state index in [0.717, 1.165) is 43.2 Å². The number of aliphatic hydroxyl groups excluding tert-OH is 1. The minimum absolute atomic E-state index is 0.308. The Balaban J connectivity index is 1.65. The van der Waals surface area contributed by atoms with Gasteiger partial charge in [0, 0.05) is 30.6 Å². The first-order valence-electron chi connectivity index (χ1n) is 8.15. The van der Waals surface area contributed by atoms with Crippen molar-refractivity contribution in [3.63, 3.8) is 0 Å². The summed E-state index contributed by atoms with van der Waals surface area (Å²) in [5.41, 5.74) is 3.72. The highest BCUT2D eigenvalue weighted by Gasteiger charge is 2.20. The van der Waals surface area contributed by atoms with E-state index in [1.54, 1.807) is 11.3 Å². The summed E-state index contributed by atoms with van der Waals surface area (Å²) in [6, 6.07) is 8.72. The van der Waals surface area contributed by atoms with E-state index in [-0.39, 0.29) is 0 Å². The third-order valence-electron chi connectivity index (χ3n) is 4.41. The van der Waals surface area contributed by atoms with Crippen LogP contribution >= 0.6 is 11.3 Å². The van der Waals surface area contributed by atoms with Crippen molar-refractivity contribution in [3.05, 3.63) is 40.9 Å². The molecule has 2 aromatic rings. The van der Waals surface area contributed by atoms with Crippen LogP contribution in [0.1, 0.15) is 31.0 Å². The highest BCUT2D eigenvalue weighted by molar-refractivity contribution is 7.13. The zero-order chi connectivity index (χ0) is 15.4. The molecule has 1 fully saturated rings. The summed E-state index contributed by atoms with van der Waals surface area (Å²) >= 11 is 1.72. The molecule has 118 valence electrons. The van der Waals surface area contributed by atoms with Gasteiger partial charge < -0.3 is 5.11 Å². The highest BCUT2D eigenvalue weighted by Crippen LogP contribution is 2.25. The van der Waals surface area contributed by atoms with Crippen molar-refractivity contribution < 1.29 is 5.11 Å². The van der Waals surface area contributed by atoms with E-state index in [0.29, 0.717) is 12.5 Å².